The van der Waals surface area contributed by atoms with Crippen molar-refractivity contribution in [3.63, 3.8) is 0 Å². The molecule has 2 N–H and O–H groups in total. The molecule has 8 nitrogen and oxygen atoms in total. The summed E-state index contributed by atoms with van der Waals surface area (Å²) in [6.07, 6.45) is 3.38. The molecule has 3 unspecified atom stereocenters. The van der Waals surface area contributed by atoms with E-state index in [4.69, 9.17) is 14.2 Å². The van der Waals surface area contributed by atoms with Gasteiger partial charge in [0.1, 0.15) is 11.5 Å². The van der Waals surface area contributed by atoms with Crippen LogP contribution in [0.15, 0.2) is 18.2 Å². The molecule has 2 saturated heterocycles. The molecule has 1 aromatic rings. The molecule has 4 rings (SSSR count). The molecular weight excluding hydrogens is 400 g/mol. The molecule has 8 heteroatoms. The number of carbonyl (C=O) groups is 2. The largest absolute Gasteiger partial charge is 0.497 e. The number of anilines is 1. The lowest BCUT2D eigenvalue weighted by Crippen LogP contribution is -2.43. The summed E-state index contributed by atoms with van der Waals surface area (Å²) >= 11 is 0. The average Bonchev–Trinajstić information content (AvgIpc) is 3.32. The van der Waals surface area contributed by atoms with Crippen LogP contribution >= 0.6 is 0 Å². The first-order chi connectivity index (χ1) is 15.0. The van der Waals surface area contributed by atoms with Crippen LogP contribution in [0.5, 0.6) is 11.5 Å². The molecule has 1 spiro atoms. The Kier molecular flexibility index (Phi) is 6.39. The molecule has 3 fully saturated rings. The third kappa shape index (κ3) is 4.23. The molecule has 1 aromatic carbocycles. The first-order valence-corrected chi connectivity index (χ1v) is 11.0. The fourth-order valence-electron chi connectivity index (χ4n) is 5.32. The first kappa shape index (κ1) is 21.9. The van der Waals surface area contributed by atoms with E-state index in [1.165, 1.54) is 0 Å². The molecule has 0 bridgehead atoms. The highest BCUT2D eigenvalue weighted by molar-refractivity contribution is 6.01. The Hall–Kier alpha value is -2.32. The third-order valence-corrected chi connectivity index (χ3v) is 7.29. The Morgan fingerprint density at radius 3 is 2.74 bits per heavy atom. The second kappa shape index (κ2) is 9.04. The van der Waals surface area contributed by atoms with Gasteiger partial charge in [0.2, 0.25) is 11.8 Å². The molecular formula is C23H32N2O6. The van der Waals surface area contributed by atoms with Crippen LogP contribution < -0.4 is 19.7 Å². The maximum Gasteiger partial charge on any atom is 0.227 e. The normalized spacial score (nSPS) is 27.5. The zero-order valence-corrected chi connectivity index (χ0v) is 18.3. The molecule has 0 radical (unpaired) electrons. The van der Waals surface area contributed by atoms with Crippen LogP contribution in [-0.4, -0.2) is 63.5 Å². The van der Waals surface area contributed by atoms with E-state index in [1.54, 1.807) is 37.3 Å². The Balaban J connectivity index is 1.36. The van der Waals surface area contributed by atoms with Gasteiger partial charge < -0.3 is 29.5 Å². The highest BCUT2D eigenvalue weighted by atomic mass is 16.5. The van der Waals surface area contributed by atoms with Crippen LogP contribution in [0.1, 0.15) is 32.1 Å². The molecule has 3 atom stereocenters. The van der Waals surface area contributed by atoms with Crippen molar-refractivity contribution in [3.8, 4) is 11.5 Å². The first-order valence-electron chi connectivity index (χ1n) is 11.0. The zero-order valence-electron chi connectivity index (χ0n) is 18.3. The second-order valence-electron chi connectivity index (χ2n) is 8.91. The van der Waals surface area contributed by atoms with Crippen molar-refractivity contribution in [2.45, 2.75) is 38.2 Å². The monoisotopic (exact) mass is 432 g/mol. The van der Waals surface area contributed by atoms with Gasteiger partial charge in [-0.05, 0) is 37.8 Å². The molecule has 2 heterocycles. The molecule has 170 valence electrons. The lowest BCUT2D eigenvalue weighted by atomic mass is 9.76. The molecule has 3 aliphatic rings. The fourth-order valence-corrected chi connectivity index (χ4v) is 5.32. The van der Waals surface area contributed by atoms with Gasteiger partial charge >= 0.3 is 0 Å². The van der Waals surface area contributed by atoms with Crippen LogP contribution in [0.25, 0.3) is 0 Å². The summed E-state index contributed by atoms with van der Waals surface area (Å²) in [5.41, 5.74) is 0.547. The Morgan fingerprint density at radius 1 is 1.26 bits per heavy atom. The fraction of sp³-hybridized carbons (Fsp3) is 0.652. The smallest absolute Gasteiger partial charge is 0.227 e. The van der Waals surface area contributed by atoms with Crippen molar-refractivity contribution in [2.75, 3.05) is 45.4 Å². The molecule has 2 amide bonds. The van der Waals surface area contributed by atoms with Crippen molar-refractivity contribution in [3.05, 3.63) is 18.2 Å². The number of nitrogens with zero attached hydrogens (tertiary/aromatic N) is 1. The topological polar surface area (TPSA) is 97.3 Å². The number of aliphatic hydroxyl groups excluding tert-OH is 1. The summed E-state index contributed by atoms with van der Waals surface area (Å²) < 4.78 is 16.1. The van der Waals surface area contributed by atoms with Crippen LogP contribution in [0.3, 0.4) is 0 Å². The van der Waals surface area contributed by atoms with Crippen LogP contribution in [0.4, 0.5) is 5.69 Å². The quantitative estimate of drug-likeness (QED) is 0.711. The molecule has 31 heavy (non-hydrogen) atoms. The molecule has 1 saturated carbocycles. The lowest BCUT2D eigenvalue weighted by molar-refractivity contribution is -0.126. The minimum atomic E-state index is -0.431. The molecule has 0 aromatic heterocycles. The summed E-state index contributed by atoms with van der Waals surface area (Å²) in [5, 5.41) is 13.9. The zero-order chi connectivity index (χ0) is 22.0. The van der Waals surface area contributed by atoms with Crippen molar-refractivity contribution >= 4 is 17.5 Å². The van der Waals surface area contributed by atoms with Gasteiger partial charge in [-0.25, -0.2) is 0 Å². The van der Waals surface area contributed by atoms with E-state index in [1.807, 2.05) is 0 Å². The summed E-state index contributed by atoms with van der Waals surface area (Å²) in [4.78, 5) is 27.1. The van der Waals surface area contributed by atoms with Crippen LogP contribution in [-0.2, 0) is 14.3 Å². The minimum Gasteiger partial charge on any atom is -0.497 e. The van der Waals surface area contributed by atoms with E-state index in [9.17, 15) is 14.7 Å². The Bertz CT molecular complexity index is 822. The molecule has 1 aliphatic carbocycles. The predicted octanol–water partition coefficient (Wildman–Crippen LogP) is 1.74. The summed E-state index contributed by atoms with van der Waals surface area (Å²) in [6, 6.07) is 5.27. The van der Waals surface area contributed by atoms with E-state index in [0.29, 0.717) is 43.5 Å². The number of benzene rings is 1. The number of rotatable bonds is 6. The van der Waals surface area contributed by atoms with Crippen molar-refractivity contribution < 1.29 is 28.9 Å². The highest BCUT2D eigenvalue weighted by Gasteiger charge is 2.48. The SMILES string of the molecule is COc1ccc(OC)c(N2CC(C(=O)NCC3CCC4(CCOCC4)C3O)CC2=O)c1. The molecule has 2 aliphatic heterocycles. The van der Waals surface area contributed by atoms with Crippen molar-refractivity contribution in [1.82, 2.24) is 5.32 Å². The number of carbonyl (C=O) groups excluding carboxylic acids is 2. The summed E-state index contributed by atoms with van der Waals surface area (Å²) in [5.74, 6) is 0.541. The number of aliphatic hydroxyl groups is 1. The van der Waals surface area contributed by atoms with Crippen molar-refractivity contribution in [2.24, 2.45) is 17.3 Å². The van der Waals surface area contributed by atoms with Gasteiger partial charge in [-0.15, -0.1) is 0 Å². The number of nitrogens with one attached hydrogen (secondary N) is 1. The third-order valence-electron chi connectivity index (χ3n) is 7.29. The maximum absolute atomic E-state index is 12.8. The van der Waals surface area contributed by atoms with E-state index >= 15 is 0 Å². The predicted molar refractivity (Wildman–Crippen MR) is 114 cm³/mol. The summed E-state index contributed by atoms with van der Waals surface area (Å²) in [6.45, 7) is 2.13. The van der Waals surface area contributed by atoms with Crippen LogP contribution in [0.2, 0.25) is 0 Å². The van der Waals surface area contributed by atoms with Gasteiger partial charge in [0.15, 0.2) is 0 Å². The van der Waals surface area contributed by atoms with Gasteiger partial charge in [0.25, 0.3) is 0 Å². The van der Waals surface area contributed by atoms with E-state index < -0.39 is 12.0 Å². The number of methoxy groups -OCH3 is 2. The minimum absolute atomic E-state index is 0.0498. The van der Waals surface area contributed by atoms with Gasteiger partial charge in [0, 0.05) is 50.1 Å². The van der Waals surface area contributed by atoms with E-state index in [-0.39, 0.29) is 29.6 Å². The van der Waals surface area contributed by atoms with Gasteiger partial charge in [0.05, 0.1) is 31.9 Å². The number of hydrogen-bond acceptors (Lipinski definition) is 6. The highest BCUT2D eigenvalue weighted by Crippen LogP contribution is 2.48. The Morgan fingerprint density at radius 2 is 2.03 bits per heavy atom. The van der Waals surface area contributed by atoms with Gasteiger partial charge in [-0.1, -0.05) is 0 Å². The van der Waals surface area contributed by atoms with Crippen molar-refractivity contribution in [1.29, 1.82) is 0 Å². The lowest BCUT2D eigenvalue weighted by Gasteiger charge is -2.37. The standard InChI is InChI=1S/C23H32N2O6/c1-29-17-3-4-19(30-2)18(12-17)25-14-16(11-20(25)26)22(28)24-13-15-5-6-23(21(15)27)7-9-31-10-8-23/h3-4,12,15-16,21,27H,5-11,13-14H2,1-2H3,(H,24,28). The average molecular weight is 433 g/mol. The number of ether oxygens (including phenoxy) is 3. The summed E-state index contributed by atoms with van der Waals surface area (Å²) in [7, 11) is 3.11. The van der Waals surface area contributed by atoms with Crippen LogP contribution in [0, 0.1) is 17.3 Å². The Labute approximate surface area is 182 Å². The second-order valence-corrected chi connectivity index (χ2v) is 8.91. The van der Waals surface area contributed by atoms with E-state index in [0.717, 1.165) is 25.7 Å². The maximum atomic E-state index is 12.8. The van der Waals surface area contributed by atoms with Gasteiger partial charge in [-0.2, -0.15) is 0 Å². The number of hydrogen-bond donors (Lipinski definition) is 2. The van der Waals surface area contributed by atoms with E-state index in [2.05, 4.69) is 5.32 Å². The van der Waals surface area contributed by atoms with Gasteiger partial charge in [-0.3, -0.25) is 9.59 Å². The number of amides is 2.